The number of rotatable bonds is 38. The van der Waals surface area contributed by atoms with Crippen molar-refractivity contribution in [3.63, 3.8) is 0 Å². The maximum Gasteiger partial charge on any atom is 0.306 e. The molecule has 11 nitrogen and oxygen atoms in total. The summed E-state index contributed by atoms with van der Waals surface area (Å²) in [4.78, 5) is 62.7. The summed E-state index contributed by atoms with van der Waals surface area (Å²) >= 11 is 0. The number of hydrogen-bond donors (Lipinski definition) is 1. The molecule has 0 aromatic heterocycles. The molecule has 0 saturated heterocycles. The largest absolute Gasteiger partial charge is 0.466 e. The highest BCUT2D eigenvalue weighted by molar-refractivity contribution is 5.71. The van der Waals surface area contributed by atoms with Gasteiger partial charge in [-0.1, -0.05) is 129 Å². The lowest BCUT2D eigenvalue weighted by molar-refractivity contribution is -0.166. The molecular formula is C48H84O11. The fourth-order valence-electron chi connectivity index (χ4n) is 7.47. The van der Waals surface area contributed by atoms with Crippen molar-refractivity contribution in [2.45, 2.75) is 207 Å². The fourth-order valence-corrected chi connectivity index (χ4v) is 7.47. The molecule has 2 unspecified atom stereocenters. The Bertz CT molecular complexity index is 1090. The Morgan fingerprint density at radius 1 is 0.508 bits per heavy atom. The lowest BCUT2D eigenvalue weighted by atomic mass is 9.76. The lowest BCUT2D eigenvalue weighted by Crippen LogP contribution is -2.42. The molecule has 0 bridgehead atoms. The van der Waals surface area contributed by atoms with Gasteiger partial charge in [0.1, 0.15) is 19.8 Å². The van der Waals surface area contributed by atoms with Crippen LogP contribution in [0.25, 0.3) is 0 Å². The van der Waals surface area contributed by atoms with Gasteiger partial charge in [-0.25, -0.2) is 0 Å². The molecule has 0 aliphatic heterocycles. The van der Waals surface area contributed by atoms with Crippen LogP contribution in [0.2, 0.25) is 0 Å². The highest BCUT2D eigenvalue weighted by Crippen LogP contribution is 2.36. The van der Waals surface area contributed by atoms with Crippen molar-refractivity contribution in [3.05, 3.63) is 12.2 Å². The van der Waals surface area contributed by atoms with Gasteiger partial charge < -0.3 is 28.8 Å². The molecule has 1 saturated carbocycles. The van der Waals surface area contributed by atoms with Crippen LogP contribution < -0.4 is 0 Å². The smallest absolute Gasteiger partial charge is 0.306 e. The number of carbonyl (C=O) groups is 5. The van der Waals surface area contributed by atoms with Crippen molar-refractivity contribution in [3.8, 4) is 0 Å². The first-order valence-corrected chi connectivity index (χ1v) is 23.6. The van der Waals surface area contributed by atoms with Crippen LogP contribution in [-0.2, 0) is 47.7 Å². The Balaban J connectivity index is 2.51. The SMILES string of the molecule is C=C1CC(CC)CC(CC(=O)OCC(CO)(COC(=O)CCCCCC(=O)OCCCCCCCCC)COC(=O)CCCCCC(=O)OCCCCCCCCC)C1. The zero-order valence-corrected chi connectivity index (χ0v) is 37.6. The first-order chi connectivity index (χ1) is 28.6. The number of hydrogen-bond acceptors (Lipinski definition) is 11. The summed E-state index contributed by atoms with van der Waals surface area (Å²) in [6.07, 6.45) is 24.5. The van der Waals surface area contributed by atoms with Crippen LogP contribution in [-0.4, -0.2) is 74.6 Å². The van der Waals surface area contributed by atoms with Gasteiger partial charge in [0.15, 0.2) is 0 Å². The Hall–Kier alpha value is -2.95. The average Bonchev–Trinajstić information content (AvgIpc) is 3.22. The number of aliphatic hydroxyl groups is 1. The molecule has 0 radical (unpaired) electrons. The van der Waals surface area contributed by atoms with Crippen LogP contribution in [0.1, 0.15) is 207 Å². The molecule has 1 aliphatic rings. The standard InChI is InChI=1S/C48H84O11/c1-5-8-10-12-14-16-24-30-55-43(50)26-20-18-22-28-45(52)57-37-48(36-49,39-59-47(54)35-42-33-40(4)32-41(7-3)34-42)38-58-46(53)29-23-19-21-27-44(51)56-31-25-17-15-13-11-9-6-2/h41-42,49H,4-39H2,1-3H3. The van der Waals surface area contributed by atoms with Gasteiger partial charge in [0.05, 0.1) is 25.2 Å². The van der Waals surface area contributed by atoms with Crippen molar-refractivity contribution in [2.75, 3.05) is 39.6 Å². The number of unbranched alkanes of at least 4 members (excludes halogenated alkanes) is 16. The minimum Gasteiger partial charge on any atom is -0.466 e. The van der Waals surface area contributed by atoms with Crippen molar-refractivity contribution < 1.29 is 52.8 Å². The Labute approximate surface area is 357 Å². The second kappa shape index (κ2) is 35.8. The fraction of sp³-hybridized carbons (Fsp3) is 0.854. The third kappa shape index (κ3) is 29.8. The molecule has 0 amide bonds. The van der Waals surface area contributed by atoms with Crippen LogP contribution >= 0.6 is 0 Å². The molecule has 0 heterocycles. The molecular weight excluding hydrogens is 753 g/mol. The second-order valence-corrected chi connectivity index (χ2v) is 17.2. The average molecular weight is 837 g/mol. The quantitative estimate of drug-likeness (QED) is 0.0274. The van der Waals surface area contributed by atoms with Gasteiger partial charge >= 0.3 is 29.8 Å². The van der Waals surface area contributed by atoms with E-state index in [4.69, 9.17) is 23.7 Å². The first kappa shape index (κ1) is 54.1. The Morgan fingerprint density at radius 2 is 0.864 bits per heavy atom. The first-order valence-electron chi connectivity index (χ1n) is 23.6. The molecule has 59 heavy (non-hydrogen) atoms. The van der Waals surface area contributed by atoms with Crippen molar-refractivity contribution in [1.82, 2.24) is 0 Å². The summed E-state index contributed by atoms with van der Waals surface area (Å²) in [5.74, 6) is -1.22. The predicted octanol–water partition coefficient (Wildman–Crippen LogP) is 10.9. The number of allylic oxidation sites excluding steroid dienone is 1. The summed E-state index contributed by atoms with van der Waals surface area (Å²) in [6, 6.07) is 0. The highest BCUT2D eigenvalue weighted by atomic mass is 16.6. The normalized spacial score (nSPS) is 15.4. The molecule has 1 aliphatic carbocycles. The van der Waals surface area contributed by atoms with E-state index in [0.717, 1.165) is 56.9 Å². The monoisotopic (exact) mass is 837 g/mol. The van der Waals surface area contributed by atoms with Gasteiger partial charge in [-0.2, -0.15) is 0 Å². The molecule has 0 aromatic rings. The summed E-state index contributed by atoms with van der Waals surface area (Å²) in [7, 11) is 0. The summed E-state index contributed by atoms with van der Waals surface area (Å²) < 4.78 is 27.5. The van der Waals surface area contributed by atoms with Crippen molar-refractivity contribution in [2.24, 2.45) is 17.3 Å². The van der Waals surface area contributed by atoms with Gasteiger partial charge in [0, 0.05) is 32.1 Å². The Morgan fingerprint density at radius 3 is 1.27 bits per heavy atom. The van der Waals surface area contributed by atoms with Crippen LogP contribution in [0.3, 0.4) is 0 Å². The van der Waals surface area contributed by atoms with Gasteiger partial charge in [-0.15, -0.1) is 0 Å². The van der Waals surface area contributed by atoms with Crippen LogP contribution in [0.15, 0.2) is 12.2 Å². The van der Waals surface area contributed by atoms with E-state index in [9.17, 15) is 29.1 Å². The molecule has 1 rings (SSSR count). The van der Waals surface area contributed by atoms with Crippen molar-refractivity contribution >= 4 is 29.8 Å². The van der Waals surface area contributed by atoms with E-state index >= 15 is 0 Å². The summed E-state index contributed by atoms with van der Waals surface area (Å²) in [5, 5.41) is 10.5. The van der Waals surface area contributed by atoms with E-state index < -0.39 is 29.9 Å². The van der Waals surface area contributed by atoms with Gasteiger partial charge in [-0.3, -0.25) is 24.0 Å². The topological polar surface area (TPSA) is 152 Å². The predicted molar refractivity (Wildman–Crippen MR) is 231 cm³/mol. The highest BCUT2D eigenvalue weighted by Gasteiger charge is 2.36. The zero-order valence-electron chi connectivity index (χ0n) is 37.6. The molecule has 11 heteroatoms. The lowest BCUT2D eigenvalue weighted by Gasteiger charge is -2.32. The minimum atomic E-state index is -1.33. The van der Waals surface area contributed by atoms with E-state index in [0.29, 0.717) is 70.5 Å². The maximum atomic E-state index is 13.0. The van der Waals surface area contributed by atoms with Gasteiger partial charge in [-0.05, 0) is 69.6 Å². The third-order valence-corrected chi connectivity index (χ3v) is 11.4. The number of carbonyl (C=O) groups excluding carboxylic acids is 5. The van der Waals surface area contributed by atoms with E-state index in [1.54, 1.807) is 0 Å². The molecule has 342 valence electrons. The number of ether oxygens (including phenoxy) is 5. The van der Waals surface area contributed by atoms with Crippen molar-refractivity contribution in [1.29, 1.82) is 0 Å². The van der Waals surface area contributed by atoms with Crippen LogP contribution in [0, 0.1) is 17.3 Å². The van der Waals surface area contributed by atoms with Crippen LogP contribution in [0.5, 0.6) is 0 Å². The molecule has 1 N–H and O–H groups in total. The van der Waals surface area contributed by atoms with Gasteiger partial charge in [0.25, 0.3) is 0 Å². The van der Waals surface area contributed by atoms with E-state index in [1.807, 2.05) is 0 Å². The molecule has 2 atom stereocenters. The number of aliphatic hydroxyl groups excluding tert-OH is 1. The molecule has 1 fully saturated rings. The molecule has 0 aromatic carbocycles. The third-order valence-electron chi connectivity index (χ3n) is 11.4. The summed E-state index contributed by atoms with van der Waals surface area (Å²) in [5.41, 5.74) is -0.191. The molecule has 0 spiro atoms. The number of esters is 5. The second-order valence-electron chi connectivity index (χ2n) is 17.2. The van der Waals surface area contributed by atoms with E-state index in [-0.39, 0.29) is 56.9 Å². The maximum absolute atomic E-state index is 13.0. The minimum absolute atomic E-state index is 0.116. The summed E-state index contributed by atoms with van der Waals surface area (Å²) in [6.45, 7) is 10.2. The van der Waals surface area contributed by atoms with E-state index in [2.05, 4.69) is 27.4 Å². The Kier molecular flexibility index (Phi) is 32.8. The van der Waals surface area contributed by atoms with Gasteiger partial charge in [0.2, 0.25) is 0 Å². The van der Waals surface area contributed by atoms with Crippen LogP contribution in [0.4, 0.5) is 0 Å². The van der Waals surface area contributed by atoms with E-state index in [1.165, 1.54) is 64.2 Å². The zero-order chi connectivity index (χ0) is 43.4.